The second kappa shape index (κ2) is 10.5. The molecule has 3 N–H and O–H groups in total. The molecule has 1 unspecified atom stereocenters. The van der Waals surface area contributed by atoms with Gasteiger partial charge < -0.3 is 25.0 Å². The second-order valence-electron chi connectivity index (χ2n) is 8.70. The lowest BCUT2D eigenvalue weighted by molar-refractivity contribution is -0.133. The highest BCUT2D eigenvalue weighted by Gasteiger charge is 2.31. The van der Waals surface area contributed by atoms with Gasteiger partial charge in [-0.25, -0.2) is 0 Å². The van der Waals surface area contributed by atoms with Crippen molar-refractivity contribution in [1.29, 1.82) is 0 Å². The van der Waals surface area contributed by atoms with Gasteiger partial charge in [0.1, 0.15) is 5.82 Å². The number of benzene rings is 2. The molecule has 0 aliphatic carbocycles. The van der Waals surface area contributed by atoms with Crippen molar-refractivity contribution in [3.05, 3.63) is 59.9 Å². The van der Waals surface area contributed by atoms with Gasteiger partial charge in [0, 0.05) is 31.4 Å². The summed E-state index contributed by atoms with van der Waals surface area (Å²) >= 11 is 0. The van der Waals surface area contributed by atoms with Gasteiger partial charge in [0.15, 0.2) is 11.5 Å². The molecule has 1 aliphatic heterocycles. The number of piperazine rings is 1. The maximum Gasteiger partial charge on any atom is 0.239 e. The van der Waals surface area contributed by atoms with Gasteiger partial charge in [0.05, 0.1) is 25.7 Å². The summed E-state index contributed by atoms with van der Waals surface area (Å²) in [6, 6.07) is 16.2. The molecule has 1 aromatic heterocycles. The molecule has 1 aliphatic rings. The van der Waals surface area contributed by atoms with E-state index in [2.05, 4.69) is 32.2 Å². The van der Waals surface area contributed by atoms with Gasteiger partial charge in [-0.15, -0.1) is 5.10 Å². The monoisotopic (exact) mass is 464 g/mol. The van der Waals surface area contributed by atoms with Crippen molar-refractivity contribution < 1.29 is 14.3 Å². The number of aromatic amines is 1. The summed E-state index contributed by atoms with van der Waals surface area (Å²) in [5.74, 6) is 2.06. The summed E-state index contributed by atoms with van der Waals surface area (Å²) in [5, 5.41) is 6.57. The Hall–Kier alpha value is -3.75. The first-order valence-electron chi connectivity index (χ1n) is 11.5. The van der Waals surface area contributed by atoms with Crippen LogP contribution in [0.5, 0.6) is 11.5 Å². The molecule has 180 valence electrons. The summed E-state index contributed by atoms with van der Waals surface area (Å²) in [6.45, 7) is 6.01. The lowest BCUT2D eigenvalue weighted by Gasteiger charge is -2.42. The van der Waals surface area contributed by atoms with Crippen molar-refractivity contribution in [3.8, 4) is 11.5 Å². The molecule has 3 aromatic rings. The zero-order valence-corrected chi connectivity index (χ0v) is 19.9. The molecule has 2 heterocycles. The Balaban J connectivity index is 1.55. The summed E-state index contributed by atoms with van der Waals surface area (Å²) in [5.41, 5.74) is 7.84. The molecule has 1 fully saturated rings. The molecule has 34 heavy (non-hydrogen) atoms. The predicted octanol–water partition coefficient (Wildman–Crippen LogP) is 2.69. The summed E-state index contributed by atoms with van der Waals surface area (Å²) in [4.78, 5) is 21.6. The second-order valence-corrected chi connectivity index (χ2v) is 8.70. The SMILES string of the molecule is COc1ccc(N2CCN(C(=O)Cc3nc(N)n[nH]3)C(Cc3ccccc3)C2)cc1OC(C)C. The Morgan fingerprint density at radius 3 is 2.65 bits per heavy atom. The third-order valence-corrected chi connectivity index (χ3v) is 5.86. The van der Waals surface area contributed by atoms with E-state index < -0.39 is 0 Å². The van der Waals surface area contributed by atoms with Crippen LogP contribution in [0.25, 0.3) is 0 Å². The van der Waals surface area contributed by atoms with Crippen LogP contribution < -0.4 is 20.1 Å². The maximum atomic E-state index is 13.2. The minimum atomic E-state index is 0.000451. The quantitative estimate of drug-likeness (QED) is 0.527. The molecule has 9 heteroatoms. The number of aromatic nitrogens is 3. The van der Waals surface area contributed by atoms with Gasteiger partial charge in [0.25, 0.3) is 0 Å². The molecule has 1 amide bonds. The molecule has 0 bridgehead atoms. The zero-order valence-electron chi connectivity index (χ0n) is 19.9. The smallest absolute Gasteiger partial charge is 0.239 e. The van der Waals surface area contributed by atoms with Gasteiger partial charge in [0.2, 0.25) is 11.9 Å². The number of anilines is 2. The number of rotatable bonds is 8. The number of H-pyrrole nitrogens is 1. The minimum Gasteiger partial charge on any atom is -0.493 e. The van der Waals surface area contributed by atoms with Crippen LogP contribution in [0.4, 0.5) is 11.6 Å². The fourth-order valence-corrected chi connectivity index (χ4v) is 4.32. The molecule has 0 spiro atoms. The number of nitrogen functional groups attached to an aromatic ring is 1. The van der Waals surface area contributed by atoms with E-state index in [1.54, 1.807) is 7.11 Å². The molecule has 0 radical (unpaired) electrons. The van der Waals surface area contributed by atoms with Crippen LogP contribution >= 0.6 is 0 Å². The first-order valence-corrected chi connectivity index (χ1v) is 11.5. The van der Waals surface area contributed by atoms with Crippen molar-refractivity contribution >= 4 is 17.5 Å². The standard InChI is InChI=1S/C25H32N6O3/c1-17(2)34-22-14-19(9-10-21(22)33-3)30-11-12-31(24(32)15-23-27-25(26)29-28-23)20(16-30)13-18-7-5-4-6-8-18/h4-10,14,17,20H,11-13,15-16H2,1-3H3,(H3,26,27,28,29). The van der Waals surface area contributed by atoms with Crippen molar-refractivity contribution in [1.82, 2.24) is 20.1 Å². The lowest BCUT2D eigenvalue weighted by Crippen LogP contribution is -2.56. The highest BCUT2D eigenvalue weighted by atomic mass is 16.5. The molecule has 9 nitrogen and oxygen atoms in total. The summed E-state index contributed by atoms with van der Waals surface area (Å²) < 4.78 is 11.5. The van der Waals surface area contributed by atoms with E-state index in [-0.39, 0.29) is 30.4 Å². The largest absolute Gasteiger partial charge is 0.493 e. The lowest BCUT2D eigenvalue weighted by atomic mass is 10.0. The van der Waals surface area contributed by atoms with E-state index >= 15 is 0 Å². The zero-order chi connectivity index (χ0) is 24.1. The number of nitrogens with one attached hydrogen (secondary N) is 1. The number of hydrogen-bond donors (Lipinski definition) is 2. The Kier molecular flexibility index (Phi) is 7.20. The van der Waals surface area contributed by atoms with E-state index in [1.807, 2.05) is 55.1 Å². The topological polar surface area (TPSA) is 110 Å². The third kappa shape index (κ3) is 5.59. The van der Waals surface area contributed by atoms with E-state index in [4.69, 9.17) is 15.2 Å². The van der Waals surface area contributed by atoms with Crippen LogP contribution in [0.3, 0.4) is 0 Å². The number of ether oxygens (including phenoxy) is 2. The van der Waals surface area contributed by atoms with Crippen LogP contribution in [0.1, 0.15) is 25.2 Å². The van der Waals surface area contributed by atoms with Crippen molar-refractivity contribution in [3.63, 3.8) is 0 Å². The molecular weight excluding hydrogens is 432 g/mol. The van der Waals surface area contributed by atoms with Crippen molar-refractivity contribution in [2.75, 3.05) is 37.4 Å². The maximum absolute atomic E-state index is 13.2. The fraction of sp³-hybridized carbons (Fsp3) is 0.400. The first-order chi connectivity index (χ1) is 16.4. The number of amides is 1. The number of methoxy groups -OCH3 is 1. The number of nitrogens with two attached hydrogens (primary N) is 1. The highest BCUT2D eigenvalue weighted by molar-refractivity contribution is 5.79. The van der Waals surface area contributed by atoms with Gasteiger partial charge in [-0.2, -0.15) is 4.98 Å². The van der Waals surface area contributed by atoms with Crippen LogP contribution in [0.15, 0.2) is 48.5 Å². The van der Waals surface area contributed by atoms with Gasteiger partial charge in [-0.05, 0) is 38.0 Å². The van der Waals surface area contributed by atoms with Crippen molar-refractivity contribution in [2.24, 2.45) is 0 Å². The molecule has 4 rings (SSSR count). The van der Waals surface area contributed by atoms with Gasteiger partial charge in [-0.1, -0.05) is 30.3 Å². The first kappa shape index (κ1) is 23.4. The third-order valence-electron chi connectivity index (χ3n) is 5.86. The van der Waals surface area contributed by atoms with Gasteiger partial charge >= 0.3 is 0 Å². The fourth-order valence-electron chi connectivity index (χ4n) is 4.32. The predicted molar refractivity (Wildman–Crippen MR) is 131 cm³/mol. The van der Waals surface area contributed by atoms with Crippen LogP contribution in [0, 0.1) is 0 Å². The van der Waals surface area contributed by atoms with E-state index in [1.165, 1.54) is 5.56 Å². The highest BCUT2D eigenvalue weighted by Crippen LogP contribution is 2.33. The molecule has 1 atom stereocenters. The normalized spacial score (nSPS) is 16.1. The van der Waals surface area contributed by atoms with Crippen LogP contribution in [-0.2, 0) is 17.6 Å². The average molecular weight is 465 g/mol. The Morgan fingerprint density at radius 1 is 1.18 bits per heavy atom. The summed E-state index contributed by atoms with van der Waals surface area (Å²) in [7, 11) is 1.64. The number of carbonyl (C=O) groups is 1. The average Bonchev–Trinajstić information content (AvgIpc) is 3.23. The molecular formula is C25H32N6O3. The van der Waals surface area contributed by atoms with E-state index in [0.29, 0.717) is 31.2 Å². The van der Waals surface area contributed by atoms with Crippen molar-refractivity contribution in [2.45, 2.75) is 38.8 Å². The number of nitrogens with zero attached hydrogens (tertiary/aromatic N) is 4. The molecule has 0 saturated carbocycles. The van der Waals surface area contributed by atoms with Crippen LogP contribution in [-0.4, -0.2) is 64.9 Å². The Bertz CT molecular complexity index is 1100. The Morgan fingerprint density at radius 2 is 1.97 bits per heavy atom. The van der Waals surface area contributed by atoms with Crippen LogP contribution in [0.2, 0.25) is 0 Å². The van der Waals surface area contributed by atoms with Gasteiger partial charge in [-0.3, -0.25) is 9.89 Å². The number of hydrogen-bond acceptors (Lipinski definition) is 7. The molecule has 2 aromatic carbocycles. The molecule has 1 saturated heterocycles. The van der Waals surface area contributed by atoms with E-state index in [9.17, 15) is 4.79 Å². The summed E-state index contributed by atoms with van der Waals surface area (Å²) in [6.07, 6.45) is 0.937. The Labute approximate surface area is 199 Å². The minimum absolute atomic E-state index is 0.000451. The number of carbonyl (C=O) groups excluding carboxylic acids is 1. The van der Waals surface area contributed by atoms with E-state index in [0.717, 1.165) is 17.9 Å².